The van der Waals surface area contributed by atoms with Gasteiger partial charge >= 0.3 is 0 Å². The summed E-state index contributed by atoms with van der Waals surface area (Å²) < 4.78 is 0. The maximum Gasteiger partial charge on any atom is 0.225 e. The Bertz CT molecular complexity index is 424. The zero-order chi connectivity index (χ0) is 15.9. The Morgan fingerprint density at radius 1 is 1.14 bits per heavy atom. The zero-order valence-electron chi connectivity index (χ0n) is 14.1. The summed E-state index contributed by atoms with van der Waals surface area (Å²) >= 11 is 0. The summed E-state index contributed by atoms with van der Waals surface area (Å²) in [5, 5.41) is 3.14. The predicted molar refractivity (Wildman–Crippen MR) is 89.2 cm³/mol. The van der Waals surface area contributed by atoms with Gasteiger partial charge in [-0.1, -0.05) is 65.0 Å². The second kappa shape index (κ2) is 8.18. The van der Waals surface area contributed by atoms with E-state index in [9.17, 15) is 4.79 Å². The Morgan fingerprint density at radius 2 is 1.71 bits per heavy atom. The molecule has 0 saturated heterocycles. The summed E-state index contributed by atoms with van der Waals surface area (Å²) in [5.41, 5.74) is 0.959. The fourth-order valence-electron chi connectivity index (χ4n) is 2.39. The Kier molecular flexibility index (Phi) is 6.90. The number of rotatable bonds is 8. The van der Waals surface area contributed by atoms with Gasteiger partial charge in [0.25, 0.3) is 0 Å². The van der Waals surface area contributed by atoms with Gasteiger partial charge in [0, 0.05) is 12.0 Å². The van der Waals surface area contributed by atoms with E-state index in [-0.39, 0.29) is 17.4 Å². The Morgan fingerprint density at radius 3 is 2.19 bits per heavy atom. The largest absolute Gasteiger partial charge is 0.354 e. The maximum absolute atomic E-state index is 12.3. The molecule has 1 aromatic carbocycles. The van der Waals surface area contributed by atoms with Gasteiger partial charge in [-0.25, -0.2) is 0 Å². The maximum atomic E-state index is 12.3. The van der Waals surface area contributed by atoms with Crippen LogP contribution in [-0.4, -0.2) is 30.4 Å². The summed E-state index contributed by atoms with van der Waals surface area (Å²) in [5.74, 6) is 0.137. The molecule has 0 heterocycles. The van der Waals surface area contributed by atoms with Crippen LogP contribution in [0.15, 0.2) is 30.3 Å². The van der Waals surface area contributed by atoms with Gasteiger partial charge in [-0.15, -0.1) is 0 Å². The lowest BCUT2D eigenvalue weighted by Crippen LogP contribution is -2.42. The first-order valence-electron chi connectivity index (χ1n) is 8.03. The summed E-state index contributed by atoms with van der Waals surface area (Å²) in [6.07, 6.45) is 0.847. The van der Waals surface area contributed by atoms with Gasteiger partial charge in [-0.05, 0) is 25.1 Å². The highest BCUT2D eigenvalue weighted by molar-refractivity contribution is 5.81. The van der Waals surface area contributed by atoms with Crippen LogP contribution in [0.5, 0.6) is 0 Å². The first kappa shape index (κ1) is 17.7. The van der Waals surface area contributed by atoms with Crippen LogP contribution in [0.1, 0.15) is 52.6 Å². The van der Waals surface area contributed by atoms with E-state index in [1.54, 1.807) is 0 Å². The normalized spacial score (nSPS) is 13.2. The first-order valence-corrected chi connectivity index (χ1v) is 8.03. The lowest BCUT2D eigenvalue weighted by atomic mass is 9.89. The summed E-state index contributed by atoms with van der Waals surface area (Å²) in [4.78, 5) is 14.7. The average Bonchev–Trinajstić information content (AvgIpc) is 2.51. The van der Waals surface area contributed by atoms with Crippen molar-refractivity contribution in [2.24, 2.45) is 5.41 Å². The minimum absolute atomic E-state index is 0.137. The van der Waals surface area contributed by atoms with Crippen LogP contribution in [0, 0.1) is 5.41 Å². The lowest BCUT2D eigenvalue weighted by Gasteiger charge is -2.31. The second-order valence-corrected chi connectivity index (χ2v) is 6.10. The van der Waals surface area contributed by atoms with Gasteiger partial charge in [0.05, 0.1) is 6.04 Å². The van der Waals surface area contributed by atoms with Crippen LogP contribution in [0.3, 0.4) is 0 Å². The van der Waals surface area contributed by atoms with Crippen LogP contribution >= 0.6 is 0 Å². The fourth-order valence-corrected chi connectivity index (χ4v) is 2.39. The van der Waals surface area contributed by atoms with Crippen LogP contribution < -0.4 is 5.32 Å². The van der Waals surface area contributed by atoms with E-state index in [1.165, 1.54) is 5.56 Å². The highest BCUT2D eigenvalue weighted by Crippen LogP contribution is 2.22. The first-order chi connectivity index (χ1) is 9.96. The third-order valence-electron chi connectivity index (χ3n) is 4.39. The van der Waals surface area contributed by atoms with Crippen molar-refractivity contribution in [3.05, 3.63) is 35.9 Å². The van der Waals surface area contributed by atoms with Crippen molar-refractivity contribution in [1.29, 1.82) is 0 Å². The average molecular weight is 290 g/mol. The quantitative estimate of drug-likeness (QED) is 0.793. The fraction of sp³-hybridized carbons (Fsp3) is 0.611. The van der Waals surface area contributed by atoms with Crippen molar-refractivity contribution >= 4 is 5.91 Å². The number of carbonyl (C=O) groups is 1. The number of hydrogen-bond acceptors (Lipinski definition) is 2. The van der Waals surface area contributed by atoms with Crippen molar-refractivity contribution < 1.29 is 4.79 Å². The SMILES string of the molecule is CCN(CC)C(CNC(=O)C(C)(C)CC)c1ccccc1. The lowest BCUT2D eigenvalue weighted by molar-refractivity contribution is -0.129. The van der Waals surface area contributed by atoms with Crippen molar-refractivity contribution in [3.8, 4) is 0 Å². The highest BCUT2D eigenvalue weighted by atomic mass is 16.2. The number of carbonyl (C=O) groups excluding carboxylic acids is 1. The Balaban J connectivity index is 2.82. The smallest absolute Gasteiger partial charge is 0.225 e. The summed E-state index contributed by atoms with van der Waals surface area (Å²) in [6, 6.07) is 10.7. The van der Waals surface area contributed by atoms with E-state index in [0.29, 0.717) is 6.54 Å². The van der Waals surface area contributed by atoms with Gasteiger partial charge in [0.1, 0.15) is 0 Å². The molecule has 1 amide bonds. The molecule has 1 rings (SSSR count). The number of amides is 1. The standard InChI is InChI=1S/C18H30N2O/c1-6-18(4,5)17(21)19-14-16(20(7-2)8-3)15-12-10-9-11-13-15/h9-13,16H,6-8,14H2,1-5H3,(H,19,21). The molecule has 0 aliphatic rings. The molecule has 0 saturated carbocycles. The zero-order valence-corrected chi connectivity index (χ0v) is 14.1. The van der Waals surface area contributed by atoms with Gasteiger partial charge in [-0.3, -0.25) is 9.69 Å². The Labute approximate surface area is 129 Å². The van der Waals surface area contributed by atoms with Crippen LogP contribution in [-0.2, 0) is 4.79 Å². The molecule has 3 heteroatoms. The molecule has 21 heavy (non-hydrogen) atoms. The topological polar surface area (TPSA) is 32.3 Å². The minimum Gasteiger partial charge on any atom is -0.354 e. The summed E-state index contributed by atoms with van der Waals surface area (Å²) in [7, 11) is 0. The van der Waals surface area contributed by atoms with Gasteiger partial charge < -0.3 is 5.32 Å². The second-order valence-electron chi connectivity index (χ2n) is 6.10. The molecule has 1 atom stereocenters. The van der Waals surface area contributed by atoms with Crippen LogP contribution in [0.4, 0.5) is 0 Å². The minimum atomic E-state index is -0.301. The number of hydrogen-bond donors (Lipinski definition) is 1. The van der Waals surface area contributed by atoms with Gasteiger partial charge in [0.2, 0.25) is 5.91 Å². The van der Waals surface area contributed by atoms with E-state index < -0.39 is 0 Å². The third kappa shape index (κ3) is 4.85. The van der Waals surface area contributed by atoms with Crippen LogP contribution in [0.2, 0.25) is 0 Å². The van der Waals surface area contributed by atoms with Crippen molar-refractivity contribution in [2.75, 3.05) is 19.6 Å². The van der Waals surface area contributed by atoms with E-state index >= 15 is 0 Å². The molecule has 0 aliphatic carbocycles. The molecule has 1 aromatic rings. The van der Waals surface area contributed by atoms with Crippen molar-refractivity contribution in [2.45, 2.75) is 47.1 Å². The molecule has 3 nitrogen and oxygen atoms in total. The molecule has 1 N–H and O–H groups in total. The third-order valence-corrected chi connectivity index (χ3v) is 4.39. The predicted octanol–water partition coefficient (Wildman–Crippen LogP) is 3.62. The number of likely N-dealkylation sites (N-methyl/N-ethyl adjacent to an activating group) is 1. The highest BCUT2D eigenvalue weighted by Gasteiger charge is 2.26. The molecule has 118 valence electrons. The number of nitrogens with zero attached hydrogens (tertiary/aromatic N) is 1. The molecule has 0 aliphatic heterocycles. The Hall–Kier alpha value is -1.35. The number of benzene rings is 1. The molecule has 1 unspecified atom stereocenters. The van der Waals surface area contributed by atoms with E-state index in [2.05, 4.69) is 55.3 Å². The molecule has 0 radical (unpaired) electrons. The van der Waals surface area contributed by atoms with E-state index in [0.717, 1.165) is 19.5 Å². The number of nitrogens with one attached hydrogen (secondary N) is 1. The van der Waals surface area contributed by atoms with E-state index in [4.69, 9.17) is 0 Å². The van der Waals surface area contributed by atoms with Crippen molar-refractivity contribution in [1.82, 2.24) is 10.2 Å². The van der Waals surface area contributed by atoms with Gasteiger partial charge in [-0.2, -0.15) is 0 Å². The molecule has 0 bridgehead atoms. The molecular weight excluding hydrogens is 260 g/mol. The molecule has 0 spiro atoms. The monoisotopic (exact) mass is 290 g/mol. The van der Waals surface area contributed by atoms with E-state index in [1.807, 2.05) is 19.9 Å². The van der Waals surface area contributed by atoms with Gasteiger partial charge in [0.15, 0.2) is 0 Å². The molecule has 0 fully saturated rings. The molecular formula is C18H30N2O. The van der Waals surface area contributed by atoms with Crippen molar-refractivity contribution in [3.63, 3.8) is 0 Å². The molecule has 0 aromatic heterocycles. The summed E-state index contributed by atoms with van der Waals surface area (Å²) in [6.45, 7) is 13.0. The van der Waals surface area contributed by atoms with Crippen LogP contribution in [0.25, 0.3) is 0 Å².